The molecule has 6 nitrogen and oxygen atoms in total. The van der Waals surface area contributed by atoms with E-state index in [1.165, 1.54) is 0 Å². The summed E-state index contributed by atoms with van der Waals surface area (Å²) in [5, 5.41) is 13.7. The molecule has 0 unspecified atom stereocenters. The summed E-state index contributed by atoms with van der Waals surface area (Å²) < 4.78 is 7.08. The predicted molar refractivity (Wildman–Crippen MR) is 85.9 cm³/mol. The van der Waals surface area contributed by atoms with E-state index in [0.29, 0.717) is 24.4 Å². The minimum atomic E-state index is -0.178. The first-order valence-electron chi connectivity index (χ1n) is 7.57. The fourth-order valence-electron chi connectivity index (χ4n) is 2.96. The van der Waals surface area contributed by atoms with Crippen molar-refractivity contribution in [1.82, 2.24) is 14.7 Å². The quantitative estimate of drug-likeness (QED) is 0.931. The normalized spacial score (nSPS) is 16.1. The minimum Gasteiger partial charge on any atom is -0.494 e. The Bertz CT molecular complexity index is 732. The third-order valence-electron chi connectivity index (χ3n) is 4.37. The first kappa shape index (κ1) is 15.6. The van der Waals surface area contributed by atoms with E-state index < -0.39 is 0 Å². The summed E-state index contributed by atoms with van der Waals surface area (Å²) in [7, 11) is 1.61. The number of hydrogen-bond acceptors (Lipinski definition) is 4. The molecule has 1 fully saturated rings. The average Bonchev–Trinajstić information content (AvgIpc) is 2.92. The summed E-state index contributed by atoms with van der Waals surface area (Å²) in [6.07, 6.45) is 1.60. The Labute approximate surface area is 135 Å². The number of nitrogens with zero attached hydrogens (tertiary/aromatic N) is 3. The van der Waals surface area contributed by atoms with Gasteiger partial charge in [0, 0.05) is 18.5 Å². The summed E-state index contributed by atoms with van der Waals surface area (Å²) >= 11 is 0. The van der Waals surface area contributed by atoms with E-state index in [1.54, 1.807) is 22.9 Å². The number of aromatic nitrogens is 2. The molecule has 0 spiro atoms. The van der Waals surface area contributed by atoms with Crippen LogP contribution in [0.15, 0.2) is 30.5 Å². The molecule has 0 saturated carbocycles. The number of para-hydroxylation sites is 2. The third kappa shape index (κ3) is 2.59. The van der Waals surface area contributed by atoms with Gasteiger partial charge in [-0.25, -0.2) is 4.68 Å². The fourth-order valence-corrected chi connectivity index (χ4v) is 2.96. The Morgan fingerprint density at radius 1 is 1.39 bits per heavy atom. The zero-order valence-corrected chi connectivity index (χ0v) is 13.6. The molecule has 1 amide bonds. The van der Waals surface area contributed by atoms with Crippen LogP contribution < -0.4 is 4.74 Å². The summed E-state index contributed by atoms with van der Waals surface area (Å²) in [6.45, 7) is 5.08. The molecule has 1 N–H and O–H groups in total. The number of ether oxygens (including phenoxy) is 1. The first-order chi connectivity index (χ1) is 11.0. The van der Waals surface area contributed by atoms with Crippen LogP contribution in [-0.4, -0.2) is 52.5 Å². The van der Waals surface area contributed by atoms with Gasteiger partial charge in [-0.05, 0) is 19.1 Å². The number of benzene rings is 1. The number of likely N-dealkylation sites (tertiary alicyclic amines) is 1. The molecule has 1 aliphatic rings. The van der Waals surface area contributed by atoms with Gasteiger partial charge in [-0.3, -0.25) is 4.79 Å². The van der Waals surface area contributed by atoms with Gasteiger partial charge in [0.1, 0.15) is 11.4 Å². The van der Waals surface area contributed by atoms with Crippen LogP contribution in [0.3, 0.4) is 0 Å². The number of carbonyl (C=O) groups excluding carboxylic acids is 1. The molecule has 23 heavy (non-hydrogen) atoms. The SMILES string of the molecule is COc1ccccc1-n1ncc(C(=O)N2CC(C)(CO)C2)c1C. The number of aliphatic hydroxyl groups is 1. The van der Waals surface area contributed by atoms with Crippen LogP contribution in [0.4, 0.5) is 0 Å². The molecule has 122 valence electrons. The fraction of sp³-hybridized carbons (Fsp3) is 0.412. The number of aliphatic hydroxyl groups excluding tert-OH is 1. The number of rotatable bonds is 4. The topological polar surface area (TPSA) is 67.6 Å². The van der Waals surface area contributed by atoms with Crippen molar-refractivity contribution < 1.29 is 14.6 Å². The lowest BCUT2D eigenvalue weighted by molar-refractivity contribution is -0.0153. The van der Waals surface area contributed by atoms with Crippen molar-refractivity contribution in [3.8, 4) is 11.4 Å². The van der Waals surface area contributed by atoms with Crippen molar-refractivity contribution in [3.63, 3.8) is 0 Å². The smallest absolute Gasteiger partial charge is 0.257 e. The van der Waals surface area contributed by atoms with Gasteiger partial charge in [0.2, 0.25) is 0 Å². The number of amides is 1. The van der Waals surface area contributed by atoms with E-state index in [2.05, 4.69) is 5.10 Å². The van der Waals surface area contributed by atoms with Crippen molar-refractivity contribution in [3.05, 3.63) is 41.7 Å². The molecule has 1 aliphatic heterocycles. The molecule has 2 heterocycles. The van der Waals surface area contributed by atoms with Crippen molar-refractivity contribution >= 4 is 5.91 Å². The van der Waals surface area contributed by atoms with Gasteiger partial charge in [0.25, 0.3) is 5.91 Å². The van der Waals surface area contributed by atoms with Crippen molar-refractivity contribution in [1.29, 1.82) is 0 Å². The van der Waals surface area contributed by atoms with Gasteiger partial charge in [0.05, 0.1) is 31.2 Å². The number of carbonyl (C=O) groups is 1. The van der Waals surface area contributed by atoms with Gasteiger partial charge < -0.3 is 14.7 Å². The van der Waals surface area contributed by atoms with Crippen LogP contribution in [0.2, 0.25) is 0 Å². The number of methoxy groups -OCH3 is 1. The van der Waals surface area contributed by atoms with E-state index in [-0.39, 0.29) is 17.9 Å². The maximum Gasteiger partial charge on any atom is 0.257 e. The van der Waals surface area contributed by atoms with E-state index in [0.717, 1.165) is 11.4 Å². The van der Waals surface area contributed by atoms with Gasteiger partial charge in [-0.15, -0.1) is 0 Å². The van der Waals surface area contributed by atoms with Gasteiger partial charge >= 0.3 is 0 Å². The molecule has 0 bridgehead atoms. The Kier molecular flexibility index (Phi) is 3.85. The average molecular weight is 315 g/mol. The van der Waals surface area contributed by atoms with Gasteiger partial charge in [0.15, 0.2) is 0 Å². The molecule has 1 aromatic heterocycles. The first-order valence-corrected chi connectivity index (χ1v) is 7.57. The molecule has 0 atom stereocenters. The molecule has 2 aromatic rings. The third-order valence-corrected chi connectivity index (χ3v) is 4.37. The molecular weight excluding hydrogens is 294 g/mol. The van der Waals surface area contributed by atoms with Gasteiger partial charge in [-0.1, -0.05) is 19.1 Å². The Morgan fingerprint density at radius 3 is 2.74 bits per heavy atom. The maximum atomic E-state index is 12.6. The highest BCUT2D eigenvalue weighted by molar-refractivity contribution is 5.95. The molecule has 1 aromatic carbocycles. The van der Waals surface area contributed by atoms with Crippen LogP contribution >= 0.6 is 0 Å². The zero-order valence-electron chi connectivity index (χ0n) is 13.6. The minimum absolute atomic E-state index is 0.0467. The van der Waals surface area contributed by atoms with Crippen LogP contribution in [-0.2, 0) is 0 Å². The van der Waals surface area contributed by atoms with E-state index >= 15 is 0 Å². The molecule has 0 radical (unpaired) electrons. The summed E-state index contributed by atoms with van der Waals surface area (Å²) in [5.41, 5.74) is 1.98. The standard InChI is InChI=1S/C17H21N3O3/c1-12-13(16(22)19-9-17(2,10-19)11-21)8-18-20(12)14-6-4-5-7-15(14)23-3/h4-8,21H,9-11H2,1-3H3. The van der Waals surface area contributed by atoms with Crippen LogP contribution in [0.5, 0.6) is 5.75 Å². The highest BCUT2D eigenvalue weighted by Crippen LogP contribution is 2.31. The molecule has 3 rings (SSSR count). The Balaban J connectivity index is 1.87. The second-order valence-corrected chi connectivity index (χ2v) is 6.36. The lowest BCUT2D eigenvalue weighted by atomic mass is 9.82. The predicted octanol–water partition coefficient (Wildman–Crippen LogP) is 1.64. The second-order valence-electron chi connectivity index (χ2n) is 6.36. The zero-order chi connectivity index (χ0) is 16.6. The molecule has 0 aliphatic carbocycles. The highest BCUT2D eigenvalue weighted by atomic mass is 16.5. The largest absolute Gasteiger partial charge is 0.494 e. The second kappa shape index (κ2) is 5.70. The van der Waals surface area contributed by atoms with E-state index in [1.807, 2.05) is 38.1 Å². The highest BCUT2D eigenvalue weighted by Gasteiger charge is 2.41. The molecular formula is C17H21N3O3. The monoisotopic (exact) mass is 315 g/mol. The van der Waals surface area contributed by atoms with Crippen molar-refractivity contribution in [2.24, 2.45) is 5.41 Å². The number of hydrogen-bond donors (Lipinski definition) is 1. The summed E-state index contributed by atoms with van der Waals surface area (Å²) in [5.74, 6) is 0.657. The maximum absolute atomic E-state index is 12.6. The summed E-state index contributed by atoms with van der Waals surface area (Å²) in [6, 6.07) is 7.56. The van der Waals surface area contributed by atoms with Crippen LogP contribution in [0, 0.1) is 12.3 Å². The van der Waals surface area contributed by atoms with E-state index in [9.17, 15) is 9.90 Å². The molecule has 1 saturated heterocycles. The molecule has 6 heteroatoms. The van der Waals surface area contributed by atoms with E-state index in [4.69, 9.17) is 4.74 Å². The van der Waals surface area contributed by atoms with Gasteiger partial charge in [-0.2, -0.15) is 5.10 Å². The Morgan fingerprint density at radius 2 is 2.09 bits per heavy atom. The lowest BCUT2D eigenvalue weighted by Gasteiger charge is -2.46. The van der Waals surface area contributed by atoms with Crippen molar-refractivity contribution in [2.75, 3.05) is 26.8 Å². The van der Waals surface area contributed by atoms with Crippen LogP contribution in [0.1, 0.15) is 23.0 Å². The Hall–Kier alpha value is -2.34. The van der Waals surface area contributed by atoms with Crippen LogP contribution in [0.25, 0.3) is 5.69 Å². The summed E-state index contributed by atoms with van der Waals surface area (Å²) in [4.78, 5) is 14.4. The lowest BCUT2D eigenvalue weighted by Crippen LogP contribution is -2.58. The van der Waals surface area contributed by atoms with Crippen molar-refractivity contribution in [2.45, 2.75) is 13.8 Å².